The number of H-pyrrole nitrogens is 1. The fourth-order valence-electron chi connectivity index (χ4n) is 4.96. The van der Waals surface area contributed by atoms with Gasteiger partial charge in [-0.1, -0.05) is 24.3 Å². The highest BCUT2D eigenvalue weighted by atomic mass is 16.5. The quantitative estimate of drug-likeness (QED) is 0.457. The van der Waals surface area contributed by atoms with Crippen molar-refractivity contribution in [3.8, 4) is 5.75 Å². The Hall–Kier alpha value is -3.38. The fourth-order valence-corrected chi connectivity index (χ4v) is 4.96. The molecule has 2 aliphatic rings. The van der Waals surface area contributed by atoms with Gasteiger partial charge < -0.3 is 14.5 Å². The van der Waals surface area contributed by atoms with Crippen molar-refractivity contribution in [2.45, 2.75) is 37.8 Å². The molecule has 33 heavy (non-hydrogen) atoms. The van der Waals surface area contributed by atoms with Gasteiger partial charge in [-0.25, -0.2) is 4.79 Å². The van der Waals surface area contributed by atoms with Gasteiger partial charge in [-0.2, -0.15) is 0 Å². The zero-order valence-electron chi connectivity index (χ0n) is 19.0. The van der Waals surface area contributed by atoms with E-state index in [1.165, 1.54) is 24.3 Å². The predicted octanol–water partition coefficient (Wildman–Crippen LogP) is 4.92. The van der Waals surface area contributed by atoms with Crippen LogP contribution in [0.25, 0.3) is 17.0 Å². The Labute approximate surface area is 193 Å². The van der Waals surface area contributed by atoms with Crippen LogP contribution in [0.15, 0.2) is 54.6 Å². The van der Waals surface area contributed by atoms with E-state index in [1.54, 1.807) is 12.1 Å². The largest absolute Gasteiger partial charge is 0.486 e. The molecule has 2 aliphatic heterocycles. The molecule has 0 amide bonds. The van der Waals surface area contributed by atoms with Crippen LogP contribution in [-0.4, -0.2) is 47.4 Å². The number of benzene rings is 2. The number of ether oxygens (including phenoxy) is 2. The average molecular weight is 445 g/mol. The average Bonchev–Trinajstić information content (AvgIpc) is 3.27. The number of aromatic nitrogens is 1. The summed E-state index contributed by atoms with van der Waals surface area (Å²) < 4.78 is 11.1. The number of ketones is 1. The number of likely N-dealkylation sites (tertiary alicyclic amines) is 1. The number of hydrogen-bond acceptors (Lipinski definition) is 5. The Morgan fingerprint density at radius 3 is 2.73 bits per heavy atom. The van der Waals surface area contributed by atoms with Crippen LogP contribution in [-0.2, 0) is 9.53 Å². The maximum absolute atomic E-state index is 13.0. The molecule has 2 aromatic carbocycles. The number of aromatic amines is 1. The number of esters is 1. The molecule has 3 aromatic rings. The van der Waals surface area contributed by atoms with Gasteiger partial charge in [-0.3, -0.25) is 9.69 Å². The third-order valence-corrected chi connectivity index (χ3v) is 6.98. The lowest BCUT2D eigenvalue weighted by molar-refractivity contribution is -0.134. The van der Waals surface area contributed by atoms with Crippen molar-refractivity contribution in [3.63, 3.8) is 0 Å². The second kappa shape index (κ2) is 8.52. The van der Waals surface area contributed by atoms with Gasteiger partial charge in [0.2, 0.25) is 0 Å². The molecular formula is C27H28N2O4. The Balaban J connectivity index is 1.28. The summed E-state index contributed by atoms with van der Waals surface area (Å²) in [6, 6.07) is 16.3. The Bertz CT molecular complexity index is 1200. The van der Waals surface area contributed by atoms with Crippen molar-refractivity contribution >= 4 is 28.7 Å². The van der Waals surface area contributed by atoms with Gasteiger partial charge in [0, 0.05) is 49.3 Å². The molecule has 1 N–H and O–H groups in total. The first-order chi connectivity index (χ1) is 16.0. The number of nitrogens with one attached hydrogen (secondary N) is 1. The van der Waals surface area contributed by atoms with Gasteiger partial charge >= 0.3 is 5.97 Å². The van der Waals surface area contributed by atoms with E-state index in [0.29, 0.717) is 17.7 Å². The Kier molecular flexibility index (Phi) is 5.54. The van der Waals surface area contributed by atoms with Gasteiger partial charge in [0.25, 0.3) is 0 Å². The molecule has 6 heteroatoms. The van der Waals surface area contributed by atoms with Crippen molar-refractivity contribution in [2.24, 2.45) is 0 Å². The molecule has 170 valence electrons. The topological polar surface area (TPSA) is 71.6 Å². The van der Waals surface area contributed by atoms with Gasteiger partial charge in [-0.05, 0) is 48.2 Å². The van der Waals surface area contributed by atoms with E-state index in [2.05, 4.69) is 45.8 Å². The highest BCUT2D eigenvalue weighted by Gasteiger charge is 2.43. The summed E-state index contributed by atoms with van der Waals surface area (Å²) in [6.07, 6.45) is 5.01. The van der Waals surface area contributed by atoms with Crippen LogP contribution in [0.4, 0.5) is 0 Å². The van der Waals surface area contributed by atoms with E-state index < -0.39 is 11.6 Å². The third kappa shape index (κ3) is 4.18. The van der Waals surface area contributed by atoms with Crippen molar-refractivity contribution in [1.29, 1.82) is 0 Å². The van der Waals surface area contributed by atoms with Gasteiger partial charge in [-0.15, -0.1) is 0 Å². The molecule has 1 fully saturated rings. The number of Topliss-reactive ketones (excluding diaryl/α,β-unsaturated/α-hetero) is 1. The van der Waals surface area contributed by atoms with E-state index in [0.717, 1.165) is 37.0 Å². The van der Waals surface area contributed by atoms with Crippen LogP contribution in [0.3, 0.4) is 0 Å². The van der Waals surface area contributed by atoms with Crippen molar-refractivity contribution in [3.05, 3.63) is 71.4 Å². The SMILES string of the molecule is COC(=O)C=Cc1ccc2c(c1)C(=O)CC1(CCN(C(C)c3cc4ccccc4[nH]3)CC1)O2. The molecule has 0 aliphatic carbocycles. The van der Waals surface area contributed by atoms with E-state index in [9.17, 15) is 9.59 Å². The number of nitrogens with zero attached hydrogens (tertiary/aromatic N) is 1. The zero-order chi connectivity index (χ0) is 23.0. The highest BCUT2D eigenvalue weighted by Crippen LogP contribution is 2.41. The molecule has 1 saturated heterocycles. The van der Waals surface area contributed by atoms with Crippen molar-refractivity contribution < 1.29 is 19.1 Å². The molecule has 0 bridgehead atoms. The molecule has 0 saturated carbocycles. The maximum Gasteiger partial charge on any atom is 0.330 e. The van der Waals surface area contributed by atoms with Crippen LogP contribution >= 0.6 is 0 Å². The zero-order valence-corrected chi connectivity index (χ0v) is 19.0. The minimum atomic E-state index is -0.440. The fraction of sp³-hybridized carbons (Fsp3) is 0.333. The minimum absolute atomic E-state index is 0.0988. The monoisotopic (exact) mass is 444 g/mol. The van der Waals surface area contributed by atoms with Crippen molar-refractivity contribution in [2.75, 3.05) is 20.2 Å². The van der Waals surface area contributed by atoms with Crippen LogP contribution in [0, 0.1) is 0 Å². The second-order valence-corrected chi connectivity index (χ2v) is 9.02. The summed E-state index contributed by atoms with van der Waals surface area (Å²) in [5.74, 6) is 0.308. The van der Waals surface area contributed by atoms with Gasteiger partial charge in [0.1, 0.15) is 11.4 Å². The maximum atomic E-state index is 13.0. The highest BCUT2D eigenvalue weighted by molar-refractivity contribution is 6.01. The summed E-state index contributed by atoms with van der Waals surface area (Å²) in [5.41, 5.74) is 3.29. The Morgan fingerprint density at radius 2 is 1.97 bits per heavy atom. The molecule has 1 aromatic heterocycles. The normalized spacial score (nSPS) is 18.9. The molecule has 5 rings (SSSR count). The molecule has 1 unspecified atom stereocenters. The van der Waals surface area contributed by atoms with Crippen LogP contribution in [0.1, 0.15) is 53.8 Å². The van der Waals surface area contributed by atoms with E-state index >= 15 is 0 Å². The predicted molar refractivity (Wildman–Crippen MR) is 127 cm³/mol. The summed E-state index contributed by atoms with van der Waals surface area (Å²) in [4.78, 5) is 30.4. The number of carbonyl (C=O) groups is 2. The van der Waals surface area contributed by atoms with Crippen LogP contribution in [0.2, 0.25) is 0 Å². The molecule has 6 nitrogen and oxygen atoms in total. The smallest absolute Gasteiger partial charge is 0.330 e. The number of piperidine rings is 1. The molecular weight excluding hydrogens is 416 g/mol. The lowest BCUT2D eigenvalue weighted by Crippen LogP contribution is -2.51. The van der Waals surface area contributed by atoms with E-state index in [4.69, 9.17) is 4.74 Å². The Morgan fingerprint density at radius 1 is 1.18 bits per heavy atom. The number of methoxy groups -OCH3 is 1. The summed E-state index contributed by atoms with van der Waals surface area (Å²) in [5, 5.41) is 1.23. The summed E-state index contributed by atoms with van der Waals surface area (Å²) >= 11 is 0. The van der Waals surface area contributed by atoms with E-state index in [-0.39, 0.29) is 11.8 Å². The standard InChI is InChI=1S/C27H28N2O4/c1-18(23-16-20-5-3-4-6-22(20)28-23)29-13-11-27(12-14-29)17-24(30)21-15-19(7-9-25(21)33-27)8-10-26(31)32-2/h3-10,15-16,18,28H,11-14,17H2,1-2H3. The second-order valence-electron chi connectivity index (χ2n) is 9.02. The van der Waals surface area contributed by atoms with Crippen LogP contribution in [0.5, 0.6) is 5.75 Å². The summed E-state index contributed by atoms with van der Waals surface area (Å²) in [7, 11) is 1.34. The first kappa shape index (κ1) is 21.5. The number of para-hydroxylation sites is 1. The third-order valence-electron chi connectivity index (χ3n) is 6.98. The van der Waals surface area contributed by atoms with Gasteiger partial charge in [0.15, 0.2) is 5.78 Å². The molecule has 1 spiro atoms. The lowest BCUT2D eigenvalue weighted by atomic mass is 9.81. The minimum Gasteiger partial charge on any atom is -0.486 e. The van der Waals surface area contributed by atoms with Crippen molar-refractivity contribution in [1.82, 2.24) is 9.88 Å². The number of fused-ring (bicyclic) bond motifs is 2. The lowest BCUT2D eigenvalue weighted by Gasteiger charge is -2.45. The first-order valence-corrected chi connectivity index (χ1v) is 11.4. The molecule has 3 heterocycles. The summed E-state index contributed by atoms with van der Waals surface area (Å²) in [6.45, 7) is 3.98. The van der Waals surface area contributed by atoms with Crippen LogP contribution < -0.4 is 4.74 Å². The molecule has 0 radical (unpaired) electrons. The number of carbonyl (C=O) groups excluding carboxylic acids is 2. The number of rotatable bonds is 4. The first-order valence-electron chi connectivity index (χ1n) is 11.4. The number of hydrogen-bond donors (Lipinski definition) is 1. The van der Waals surface area contributed by atoms with E-state index in [1.807, 2.05) is 18.2 Å². The van der Waals surface area contributed by atoms with Gasteiger partial charge in [0.05, 0.1) is 19.1 Å². The molecule has 1 atom stereocenters.